The lowest BCUT2D eigenvalue weighted by Gasteiger charge is -2.36. The first-order valence-corrected chi connectivity index (χ1v) is 18.9. The molecule has 1 aliphatic heterocycles. The maximum atomic E-state index is 16.0. The molecule has 6 rings (SSSR count). The molecule has 3 aromatic rings. The summed E-state index contributed by atoms with van der Waals surface area (Å²) in [4.78, 5) is 59.0. The van der Waals surface area contributed by atoms with Gasteiger partial charge in [-0.05, 0) is 88.2 Å². The van der Waals surface area contributed by atoms with Crippen LogP contribution in [0.25, 0.3) is 0 Å². The number of nitrogens with zero attached hydrogens (tertiary/aromatic N) is 6. The zero-order valence-corrected chi connectivity index (χ0v) is 31.1. The molecule has 280 valence electrons. The molecule has 0 radical (unpaired) electrons. The van der Waals surface area contributed by atoms with Crippen LogP contribution < -0.4 is 10.6 Å². The van der Waals surface area contributed by atoms with Gasteiger partial charge in [0.15, 0.2) is 5.78 Å². The van der Waals surface area contributed by atoms with Crippen molar-refractivity contribution in [3.63, 3.8) is 0 Å². The third-order valence-electron chi connectivity index (χ3n) is 11.3. The minimum Gasteiger partial charge on any atom is -0.338 e. The first-order chi connectivity index (χ1) is 24.9. The number of anilines is 1. The van der Waals surface area contributed by atoms with Crippen molar-refractivity contribution in [3.05, 3.63) is 65.5 Å². The van der Waals surface area contributed by atoms with E-state index in [0.717, 1.165) is 38.5 Å². The normalized spacial score (nSPS) is 21.4. The number of Topliss-reactive ketones (excluding diaryl/α,β-unsaturated/α-hetero) is 1. The number of likely N-dealkylation sites (N-methyl/N-ethyl adjacent to an activating group) is 1. The number of carbonyl (C=O) groups excluding carboxylic acids is 4. The zero-order valence-electron chi connectivity index (χ0n) is 31.1. The van der Waals surface area contributed by atoms with Crippen molar-refractivity contribution in [1.82, 2.24) is 34.7 Å². The second kappa shape index (κ2) is 16.1. The number of benzene rings is 1. The Kier molecular flexibility index (Phi) is 11.6. The summed E-state index contributed by atoms with van der Waals surface area (Å²) < 4.78 is 19.3. The highest BCUT2D eigenvalue weighted by Gasteiger charge is 2.37. The predicted molar refractivity (Wildman–Crippen MR) is 195 cm³/mol. The average molecular weight is 717 g/mol. The largest absolute Gasteiger partial charge is 0.338 e. The van der Waals surface area contributed by atoms with Crippen LogP contribution >= 0.6 is 0 Å². The van der Waals surface area contributed by atoms with E-state index in [1.807, 2.05) is 20.9 Å². The number of nitrogens with one attached hydrogen (secondary N) is 2. The Labute approximate surface area is 305 Å². The molecular formula is C39H53FN8O4. The summed E-state index contributed by atoms with van der Waals surface area (Å²) in [5.41, 5.74) is 1.37. The minimum atomic E-state index is -0.957. The van der Waals surface area contributed by atoms with Gasteiger partial charge < -0.3 is 20.4 Å². The molecule has 1 aromatic carbocycles. The Morgan fingerprint density at radius 1 is 0.885 bits per heavy atom. The smallest absolute Gasteiger partial charge is 0.270 e. The van der Waals surface area contributed by atoms with Gasteiger partial charge in [0, 0.05) is 62.9 Å². The van der Waals surface area contributed by atoms with Crippen LogP contribution in [0.3, 0.4) is 0 Å². The van der Waals surface area contributed by atoms with Gasteiger partial charge in [0.05, 0.1) is 11.7 Å². The molecule has 1 saturated heterocycles. The molecular weight excluding hydrogens is 663 g/mol. The number of amides is 3. The number of hydrogen-bond donors (Lipinski definition) is 2. The maximum absolute atomic E-state index is 16.0. The van der Waals surface area contributed by atoms with Gasteiger partial charge in [0.25, 0.3) is 5.91 Å². The van der Waals surface area contributed by atoms with Crippen LogP contribution in [0.15, 0.2) is 42.7 Å². The molecule has 3 aliphatic rings. The van der Waals surface area contributed by atoms with Gasteiger partial charge in [-0.3, -0.25) is 28.5 Å². The Balaban J connectivity index is 1.21. The van der Waals surface area contributed by atoms with Gasteiger partial charge in [-0.15, -0.1) is 0 Å². The zero-order chi connectivity index (χ0) is 37.1. The molecule has 2 N–H and O–H groups in total. The van der Waals surface area contributed by atoms with Crippen molar-refractivity contribution in [2.24, 2.45) is 17.8 Å². The highest BCUT2D eigenvalue weighted by atomic mass is 19.1. The second-order valence-electron chi connectivity index (χ2n) is 15.5. The van der Waals surface area contributed by atoms with Gasteiger partial charge >= 0.3 is 0 Å². The Morgan fingerprint density at radius 3 is 2.21 bits per heavy atom. The monoisotopic (exact) mass is 716 g/mol. The third kappa shape index (κ3) is 8.46. The molecule has 0 unspecified atom stereocenters. The van der Waals surface area contributed by atoms with E-state index in [1.165, 1.54) is 12.1 Å². The summed E-state index contributed by atoms with van der Waals surface area (Å²) in [7, 11) is 2.00. The van der Waals surface area contributed by atoms with Gasteiger partial charge in [-0.25, -0.2) is 4.39 Å². The Morgan fingerprint density at radius 2 is 1.56 bits per heavy atom. The van der Waals surface area contributed by atoms with Crippen molar-refractivity contribution < 1.29 is 23.6 Å². The maximum Gasteiger partial charge on any atom is 0.270 e. The molecule has 2 saturated carbocycles. The highest BCUT2D eigenvalue weighted by Crippen LogP contribution is 2.37. The van der Waals surface area contributed by atoms with Crippen molar-refractivity contribution in [2.45, 2.75) is 96.7 Å². The molecule has 0 spiro atoms. The first kappa shape index (κ1) is 37.4. The third-order valence-corrected chi connectivity index (χ3v) is 11.3. The first-order valence-electron chi connectivity index (χ1n) is 18.9. The lowest BCUT2D eigenvalue weighted by molar-refractivity contribution is -0.135. The lowest BCUT2D eigenvalue weighted by atomic mass is 9.74. The fraction of sp³-hybridized carbons (Fsp3) is 0.590. The standard InChI is InChI=1S/C39H53FN8O4/c1-24(2)47-33(14-16-41-47)35(49)23-30(27-8-6-25(3)7-9-27)37(50)43-32-13-10-28(22-31(32)40)26(4)36(39(52)46-20-18-45(5)19-21-46)44-38(51)34-15-17-42-48(34)29-11-12-29/h10,13-17,22,24-27,29-30,36H,6-9,11-12,18-21,23H2,1-5H3,(H,43,50)(H,44,51)/t25?,26-,27?,30-,36+/m0/s1. The van der Waals surface area contributed by atoms with Gasteiger partial charge in [0.2, 0.25) is 11.8 Å². The molecule has 3 fully saturated rings. The van der Waals surface area contributed by atoms with E-state index in [0.29, 0.717) is 49.0 Å². The van der Waals surface area contributed by atoms with Crippen LogP contribution in [-0.4, -0.2) is 92.1 Å². The summed E-state index contributed by atoms with van der Waals surface area (Å²) in [5.74, 6) is -2.48. The van der Waals surface area contributed by atoms with Gasteiger partial charge in [0.1, 0.15) is 23.2 Å². The summed E-state index contributed by atoms with van der Waals surface area (Å²) in [6, 6.07) is 7.08. The summed E-state index contributed by atoms with van der Waals surface area (Å²) in [6.07, 6.45) is 8.69. The summed E-state index contributed by atoms with van der Waals surface area (Å²) in [5, 5.41) is 14.4. The molecule has 3 atom stereocenters. The SMILES string of the molecule is CC1CCC([C@H](CC(=O)c2ccnn2C(C)C)C(=O)Nc2ccc([C@H](C)[C@@H](NC(=O)c3ccnn3C3CC3)C(=O)N3CCN(C)CC3)cc2F)CC1. The molecule has 3 heterocycles. The Bertz CT molecular complexity index is 1750. The summed E-state index contributed by atoms with van der Waals surface area (Å²) >= 11 is 0. The molecule has 2 aliphatic carbocycles. The minimum absolute atomic E-state index is 0.000828. The number of halogens is 1. The van der Waals surface area contributed by atoms with Crippen molar-refractivity contribution >= 4 is 29.2 Å². The van der Waals surface area contributed by atoms with E-state index in [4.69, 9.17) is 0 Å². The van der Waals surface area contributed by atoms with Crippen LogP contribution in [0.4, 0.5) is 10.1 Å². The van der Waals surface area contributed by atoms with Crippen molar-refractivity contribution in [3.8, 4) is 0 Å². The van der Waals surface area contributed by atoms with Crippen LogP contribution in [0.1, 0.15) is 117 Å². The summed E-state index contributed by atoms with van der Waals surface area (Å²) in [6.45, 7) is 10.4. The van der Waals surface area contributed by atoms with E-state index in [-0.39, 0.29) is 47.7 Å². The number of carbonyl (C=O) groups is 4. The molecule has 3 amide bonds. The van der Waals surface area contributed by atoms with Crippen molar-refractivity contribution in [2.75, 3.05) is 38.5 Å². The highest BCUT2D eigenvalue weighted by molar-refractivity contribution is 6.00. The fourth-order valence-corrected chi connectivity index (χ4v) is 7.69. The Hall–Kier alpha value is -4.39. The molecule has 13 heteroatoms. The second-order valence-corrected chi connectivity index (χ2v) is 15.5. The number of aromatic nitrogens is 4. The van der Waals surface area contributed by atoms with E-state index < -0.39 is 29.6 Å². The van der Waals surface area contributed by atoms with Crippen LogP contribution in [0.5, 0.6) is 0 Å². The molecule has 2 aromatic heterocycles. The van der Waals surface area contributed by atoms with Crippen LogP contribution in [0.2, 0.25) is 0 Å². The van der Waals surface area contributed by atoms with Gasteiger partial charge in [-0.2, -0.15) is 10.2 Å². The quantitative estimate of drug-likeness (QED) is 0.224. The number of hydrogen-bond acceptors (Lipinski definition) is 7. The molecule has 52 heavy (non-hydrogen) atoms. The van der Waals surface area contributed by atoms with Crippen molar-refractivity contribution in [1.29, 1.82) is 0 Å². The van der Waals surface area contributed by atoms with E-state index >= 15 is 4.39 Å². The van der Waals surface area contributed by atoms with Crippen LogP contribution in [0, 0.1) is 23.6 Å². The lowest BCUT2D eigenvalue weighted by Crippen LogP contribution is -2.55. The predicted octanol–water partition coefficient (Wildman–Crippen LogP) is 5.46. The topological polar surface area (TPSA) is 134 Å². The molecule has 12 nitrogen and oxygen atoms in total. The van der Waals surface area contributed by atoms with Crippen LogP contribution in [-0.2, 0) is 9.59 Å². The average Bonchev–Trinajstić information content (AvgIpc) is 3.62. The number of rotatable bonds is 13. The van der Waals surface area contributed by atoms with E-state index in [1.54, 1.807) is 51.8 Å². The number of ketones is 1. The van der Waals surface area contributed by atoms with Gasteiger partial charge in [-0.1, -0.05) is 32.8 Å². The van der Waals surface area contributed by atoms with E-state index in [2.05, 4.69) is 32.7 Å². The number of piperazine rings is 1. The van der Waals surface area contributed by atoms with E-state index in [9.17, 15) is 19.2 Å². The molecule has 0 bridgehead atoms. The fourth-order valence-electron chi connectivity index (χ4n) is 7.69.